The first-order valence-corrected chi connectivity index (χ1v) is 4.82. The van der Waals surface area contributed by atoms with E-state index in [9.17, 15) is 4.79 Å². The first-order valence-electron chi connectivity index (χ1n) is 4.82. The summed E-state index contributed by atoms with van der Waals surface area (Å²) in [6, 6.07) is 4.46. The van der Waals surface area contributed by atoms with Gasteiger partial charge in [0.25, 0.3) is 5.91 Å². The SMILES string of the molecule is CCc1nc2c(C(N)=O)c[c]cn2c1C. The second kappa shape index (κ2) is 3.38. The summed E-state index contributed by atoms with van der Waals surface area (Å²) in [5, 5.41) is 0. The predicted molar refractivity (Wildman–Crippen MR) is 56.7 cm³/mol. The van der Waals surface area contributed by atoms with Gasteiger partial charge in [-0.25, -0.2) is 4.98 Å². The number of rotatable bonds is 2. The molecule has 0 spiro atoms. The van der Waals surface area contributed by atoms with Crippen LogP contribution in [-0.2, 0) is 6.42 Å². The number of hydrogen-bond acceptors (Lipinski definition) is 2. The lowest BCUT2D eigenvalue weighted by Gasteiger charge is -1.99. The number of imidazole rings is 1. The van der Waals surface area contributed by atoms with Crippen LogP contribution in [0, 0.1) is 13.0 Å². The lowest BCUT2D eigenvalue weighted by atomic mass is 10.2. The molecule has 77 valence electrons. The van der Waals surface area contributed by atoms with E-state index in [1.165, 1.54) is 0 Å². The van der Waals surface area contributed by atoms with E-state index >= 15 is 0 Å². The molecule has 0 aromatic carbocycles. The Bertz CT molecular complexity index is 528. The molecule has 0 saturated carbocycles. The molecule has 2 rings (SSSR count). The third-order valence-electron chi connectivity index (χ3n) is 2.52. The van der Waals surface area contributed by atoms with Crippen molar-refractivity contribution in [2.45, 2.75) is 20.3 Å². The highest BCUT2D eigenvalue weighted by Crippen LogP contribution is 2.15. The van der Waals surface area contributed by atoms with E-state index in [1.807, 2.05) is 18.2 Å². The zero-order valence-electron chi connectivity index (χ0n) is 8.74. The van der Waals surface area contributed by atoms with Crippen molar-refractivity contribution in [3.05, 3.63) is 35.3 Å². The maximum atomic E-state index is 11.2. The summed E-state index contributed by atoms with van der Waals surface area (Å²) in [6.07, 6.45) is 2.61. The van der Waals surface area contributed by atoms with E-state index in [1.54, 1.807) is 12.3 Å². The smallest absolute Gasteiger partial charge is 0.252 e. The molecule has 4 nitrogen and oxygen atoms in total. The van der Waals surface area contributed by atoms with Crippen molar-refractivity contribution in [2.75, 3.05) is 0 Å². The van der Waals surface area contributed by atoms with E-state index in [4.69, 9.17) is 5.73 Å². The number of nitrogens with two attached hydrogens (primary N) is 1. The van der Waals surface area contributed by atoms with Crippen molar-refractivity contribution in [1.82, 2.24) is 9.38 Å². The Labute approximate surface area is 87.7 Å². The molecule has 0 saturated heterocycles. The van der Waals surface area contributed by atoms with Crippen LogP contribution in [0.25, 0.3) is 5.65 Å². The fourth-order valence-electron chi connectivity index (χ4n) is 1.68. The summed E-state index contributed by atoms with van der Waals surface area (Å²) in [6.45, 7) is 4.00. The van der Waals surface area contributed by atoms with Gasteiger partial charge in [-0.15, -0.1) is 0 Å². The number of amides is 1. The molecule has 2 N–H and O–H groups in total. The molecule has 0 aliphatic heterocycles. The van der Waals surface area contributed by atoms with Crippen LogP contribution in [0.4, 0.5) is 0 Å². The van der Waals surface area contributed by atoms with E-state index in [0.717, 1.165) is 17.8 Å². The molecule has 2 heterocycles. The molecular formula is C11H12N3O. The molecule has 0 atom stereocenters. The number of primary amides is 1. The Kier molecular flexibility index (Phi) is 2.19. The van der Waals surface area contributed by atoms with Crippen LogP contribution in [0.3, 0.4) is 0 Å². The quantitative estimate of drug-likeness (QED) is 0.792. The van der Waals surface area contributed by atoms with Gasteiger partial charge >= 0.3 is 0 Å². The van der Waals surface area contributed by atoms with E-state index in [2.05, 4.69) is 11.1 Å². The van der Waals surface area contributed by atoms with Crippen molar-refractivity contribution in [2.24, 2.45) is 5.73 Å². The average Bonchev–Trinajstić information content (AvgIpc) is 2.55. The minimum absolute atomic E-state index is 0.417. The van der Waals surface area contributed by atoms with Gasteiger partial charge in [0.15, 0.2) is 0 Å². The largest absolute Gasteiger partial charge is 0.365 e. The number of hydrogen-bond donors (Lipinski definition) is 1. The molecule has 2 aromatic rings. The maximum absolute atomic E-state index is 11.2. The van der Waals surface area contributed by atoms with Crippen molar-refractivity contribution in [1.29, 1.82) is 0 Å². The van der Waals surface area contributed by atoms with Crippen LogP contribution < -0.4 is 5.73 Å². The summed E-state index contributed by atoms with van der Waals surface area (Å²) in [7, 11) is 0. The van der Waals surface area contributed by atoms with Crippen LogP contribution in [-0.4, -0.2) is 15.3 Å². The van der Waals surface area contributed by atoms with E-state index < -0.39 is 5.91 Å². The Balaban J connectivity index is 2.81. The Morgan fingerprint density at radius 2 is 2.40 bits per heavy atom. The molecule has 2 aromatic heterocycles. The number of carbonyl (C=O) groups excluding carboxylic acids is 1. The van der Waals surface area contributed by atoms with Gasteiger partial charge in [0.05, 0.1) is 11.3 Å². The van der Waals surface area contributed by atoms with Gasteiger partial charge in [-0.05, 0) is 19.4 Å². The monoisotopic (exact) mass is 202 g/mol. The molecule has 0 aliphatic rings. The molecule has 0 bridgehead atoms. The molecule has 15 heavy (non-hydrogen) atoms. The molecule has 0 aliphatic carbocycles. The number of pyridine rings is 1. The number of aromatic nitrogens is 2. The van der Waals surface area contributed by atoms with Crippen LogP contribution in [0.2, 0.25) is 0 Å². The predicted octanol–water partition coefficient (Wildman–Crippen LogP) is 1.10. The topological polar surface area (TPSA) is 60.4 Å². The minimum Gasteiger partial charge on any atom is -0.365 e. The molecule has 1 radical (unpaired) electrons. The third kappa shape index (κ3) is 1.38. The summed E-state index contributed by atoms with van der Waals surface area (Å²) in [4.78, 5) is 15.6. The van der Waals surface area contributed by atoms with Gasteiger partial charge in [0.1, 0.15) is 5.65 Å². The van der Waals surface area contributed by atoms with Crippen molar-refractivity contribution in [3.63, 3.8) is 0 Å². The Hall–Kier alpha value is -1.84. The number of aryl methyl sites for hydroxylation is 2. The molecule has 4 heteroatoms. The second-order valence-corrected chi connectivity index (χ2v) is 3.41. The highest BCUT2D eigenvalue weighted by molar-refractivity contribution is 5.98. The van der Waals surface area contributed by atoms with Crippen LogP contribution in [0.15, 0.2) is 12.3 Å². The minimum atomic E-state index is -0.468. The Morgan fingerprint density at radius 1 is 1.67 bits per heavy atom. The van der Waals surface area contributed by atoms with Crippen molar-refractivity contribution >= 4 is 11.6 Å². The zero-order valence-corrected chi connectivity index (χ0v) is 8.74. The lowest BCUT2D eigenvalue weighted by molar-refractivity contribution is 0.100. The Morgan fingerprint density at radius 3 is 3.00 bits per heavy atom. The van der Waals surface area contributed by atoms with E-state index in [0.29, 0.717) is 11.2 Å². The van der Waals surface area contributed by atoms with Gasteiger partial charge in [-0.1, -0.05) is 6.92 Å². The highest BCUT2D eigenvalue weighted by atomic mass is 16.1. The average molecular weight is 202 g/mol. The van der Waals surface area contributed by atoms with Crippen LogP contribution in [0.1, 0.15) is 28.7 Å². The van der Waals surface area contributed by atoms with E-state index in [-0.39, 0.29) is 0 Å². The first kappa shape index (κ1) is 9.71. The summed E-state index contributed by atoms with van der Waals surface area (Å²) in [5.74, 6) is -0.468. The second-order valence-electron chi connectivity index (χ2n) is 3.41. The van der Waals surface area contributed by atoms with Gasteiger partial charge < -0.3 is 10.1 Å². The molecule has 0 unspecified atom stereocenters. The lowest BCUT2D eigenvalue weighted by Crippen LogP contribution is -2.12. The summed E-state index contributed by atoms with van der Waals surface area (Å²) >= 11 is 0. The standard InChI is InChI=1S/C11H12N3O/c1-3-9-7(2)14-6-4-5-8(10(12)15)11(14)13-9/h5-6H,3H2,1-2H3,(H2,12,15). The van der Waals surface area contributed by atoms with Gasteiger partial charge in [-0.2, -0.15) is 0 Å². The van der Waals surface area contributed by atoms with Crippen molar-refractivity contribution < 1.29 is 4.79 Å². The van der Waals surface area contributed by atoms with Gasteiger partial charge in [0, 0.05) is 18.0 Å². The fraction of sp³-hybridized carbons (Fsp3) is 0.273. The normalized spacial score (nSPS) is 10.8. The van der Waals surface area contributed by atoms with Crippen LogP contribution >= 0.6 is 0 Å². The van der Waals surface area contributed by atoms with Crippen LogP contribution in [0.5, 0.6) is 0 Å². The zero-order chi connectivity index (χ0) is 11.0. The fourth-order valence-corrected chi connectivity index (χ4v) is 1.68. The maximum Gasteiger partial charge on any atom is 0.252 e. The van der Waals surface area contributed by atoms with Gasteiger partial charge in [-0.3, -0.25) is 4.79 Å². The number of fused-ring (bicyclic) bond motifs is 1. The first-order chi connectivity index (χ1) is 7.15. The highest BCUT2D eigenvalue weighted by Gasteiger charge is 2.12. The number of carbonyl (C=O) groups is 1. The summed E-state index contributed by atoms with van der Waals surface area (Å²) in [5.41, 5.74) is 8.32. The van der Waals surface area contributed by atoms with Gasteiger partial charge in [0.2, 0.25) is 0 Å². The molecular weight excluding hydrogens is 190 g/mol. The molecule has 0 fully saturated rings. The van der Waals surface area contributed by atoms with Crippen molar-refractivity contribution in [3.8, 4) is 0 Å². The molecule has 1 amide bonds. The summed E-state index contributed by atoms with van der Waals surface area (Å²) < 4.78 is 1.85. The number of nitrogens with zero attached hydrogens (tertiary/aromatic N) is 2. The third-order valence-corrected chi connectivity index (χ3v) is 2.52.